The van der Waals surface area contributed by atoms with Gasteiger partial charge < -0.3 is 9.32 Å². The summed E-state index contributed by atoms with van der Waals surface area (Å²) < 4.78 is 7.49. The Balaban J connectivity index is 1.83. The molecule has 1 atom stereocenters. The highest BCUT2D eigenvalue weighted by atomic mass is 16.4. The highest BCUT2D eigenvalue weighted by molar-refractivity contribution is 6.10. The van der Waals surface area contributed by atoms with Gasteiger partial charge in [0, 0.05) is 24.1 Å². The van der Waals surface area contributed by atoms with Crippen LogP contribution in [0.3, 0.4) is 0 Å². The van der Waals surface area contributed by atoms with Crippen molar-refractivity contribution in [2.24, 2.45) is 0 Å². The smallest absolute Gasteiger partial charge is 0.263 e. The molecule has 0 saturated carbocycles. The Hall–Kier alpha value is -3.26. The molecule has 124 valence electrons. The van der Waals surface area contributed by atoms with Gasteiger partial charge in [-0.3, -0.25) is 9.36 Å². The second-order valence-electron chi connectivity index (χ2n) is 6.27. The standard InChI is InChI=1S/C20H17N3O2/c1-13-11-15-7-3-4-8-17(15)23(13)19(24)18-14(2)25-20(16(18)12-21)22-9-5-6-10-22/h3-10,13H,11H2,1-2H3. The van der Waals surface area contributed by atoms with E-state index in [1.807, 2.05) is 43.3 Å². The predicted octanol–water partition coefficient (Wildman–Crippen LogP) is 3.84. The number of carbonyl (C=O) groups is 1. The first-order valence-electron chi connectivity index (χ1n) is 8.20. The Labute approximate surface area is 145 Å². The van der Waals surface area contributed by atoms with Crippen molar-refractivity contribution in [3.8, 4) is 12.0 Å². The molecule has 0 bridgehead atoms. The number of benzene rings is 1. The molecule has 5 nitrogen and oxygen atoms in total. The largest absolute Gasteiger partial charge is 0.443 e. The molecule has 1 aliphatic heterocycles. The molecule has 0 spiro atoms. The number of fused-ring (bicyclic) bond motifs is 1. The predicted molar refractivity (Wildman–Crippen MR) is 93.9 cm³/mol. The van der Waals surface area contributed by atoms with Crippen molar-refractivity contribution in [3.63, 3.8) is 0 Å². The Morgan fingerprint density at radius 1 is 1.24 bits per heavy atom. The molecule has 0 fully saturated rings. The normalized spacial score (nSPS) is 15.9. The SMILES string of the molecule is Cc1oc(-n2cccc2)c(C#N)c1C(=O)N1c2ccccc2CC1C. The Bertz CT molecular complexity index is 993. The number of carbonyl (C=O) groups excluding carboxylic acids is 1. The van der Waals surface area contributed by atoms with Gasteiger partial charge in [-0.05, 0) is 44.0 Å². The van der Waals surface area contributed by atoms with Crippen molar-refractivity contribution < 1.29 is 9.21 Å². The Kier molecular flexibility index (Phi) is 3.47. The van der Waals surface area contributed by atoms with Gasteiger partial charge in [-0.2, -0.15) is 5.26 Å². The quantitative estimate of drug-likeness (QED) is 0.717. The van der Waals surface area contributed by atoms with Crippen LogP contribution < -0.4 is 4.90 Å². The van der Waals surface area contributed by atoms with E-state index in [1.165, 1.54) is 0 Å². The molecule has 1 unspecified atom stereocenters. The van der Waals surface area contributed by atoms with Crippen LogP contribution in [0, 0.1) is 18.3 Å². The summed E-state index contributed by atoms with van der Waals surface area (Å²) in [6, 6.07) is 13.8. The topological polar surface area (TPSA) is 62.2 Å². The van der Waals surface area contributed by atoms with E-state index in [4.69, 9.17) is 4.42 Å². The number of rotatable bonds is 2. The number of hydrogen-bond donors (Lipinski definition) is 0. The van der Waals surface area contributed by atoms with Crippen molar-refractivity contribution >= 4 is 11.6 Å². The van der Waals surface area contributed by atoms with Crippen molar-refractivity contribution in [2.45, 2.75) is 26.3 Å². The molecule has 3 aromatic rings. The number of nitrogens with zero attached hydrogens (tertiary/aromatic N) is 3. The molecule has 5 heteroatoms. The van der Waals surface area contributed by atoms with Crippen molar-refractivity contribution in [2.75, 3.05) is 4.90 Å². The molecular formula is C20H17N3O2. The number of anilines is 1. The number of hydrogen-bond acceptors (Lipinski definition) is 3. The van der Waals surface area contributed by atoms with Gasteiger partial charge in [-0.1, -0.05) is 18.2 Å². The maximum Gasteiger partial charge on any atom is 0.263 e. The fourth-order valence-corrected chi connectivity index (χ4v) is 3.54. The van der Waals surface area contributed by atoms with Crippen molar-refractivity contribution in [1.29, 1.82) is 5.26 Å². The van der Waals surface area contributed by atoms with Crippen LogP contribution in [0.2, 0.25) is 0 Å². The molecule has 0 saturated heterocycles. The van der Waals surface area contributed by atoms with E-state index < -0.39 is 0 Å². The molecule has 1 aliphatic rings. The van der Waals surface area contributed by atoms with Crippen LogP contribution in [-0.4, -0.2) is 16.5 Å². The summed E-state index contributed by atoms with van der Waals surface area (Å²) in [6.45, 7) is 3.75. The van der Waals surface area contributed by atoms with E-state index in [2.05, 4.69) is 6.07 Å². The minimum absolute atomic E-state index is 0.0424. The second-order valence-corrected chi connectivity index (χ2v) is 6.27. The number of para-hydroxylation sites is 1. The fourth-order valence-electron chi connectivity index (χ4n) is 3.54. The van der Waals surface area contributed by atoms with E-state index in [0.717, 1.165) is 17.7 Å². The summed E-state index contributed by atoms with van der Waals surface area (Å²) in [7, 11) is 0. The molecule has 0 radical (unpaired) electrons. The molecule has 1 amide bonds. The van der Waals surface area contributed by atoms with Crippen molar-refractivity contribution in [3.05, 3.63) is 71.2 Å². The van der Waals surface area contributed by atoms with E-state index in [0.29, 0.717) is 17.2 Å². The first kappa shape index (κ1) is 15.3. The van der Waals surface area contributed by atoms with E-state index in [9.17, 15) is 10.1 Å². The van der Waals surface area contributed by atoms with Gasteiger partial charge in [0.05, 0.1) is 0 Å². The average Bonchev–Trinajstić information content (AvgIpc) is 3.29. The van der Waals surface area contributed by atoms with Crippen LogP contribution in [0.25, 0.3) is 5.88 Å². The number of nitriles is 1. The zero-order chi connectivity index (χ0) is 17.6. The first-order chi connectivity index (χ1) is 12.1. The molecule has 2 aromatic heterocycles. The van der Waals surface area contributed by atoms with Crippen LogP contribution in [0.15, 0.2) is 53.2 Å². The molecule has 3 heterocycles. The average molecular weight is 331 g/mol. The molecule has 4 rings (SSSR count). The first-order valence-corrected chi connectivity index (χ1v) is 8.20. The highest BCUT2D eigenvalue weighted by Gasteiger charge is 2.35. The summed E-state index contributed by atoms with van der Waals surface area (Å²) in [5, 5.41) is 9.67. The summed E-state index contributed by atoms with van der Waals surface area (Å²) in [6.07, 6.45) is 4.40. The minimum atomic E-state index is -0.186. The van der Waals surface area contributed by atoms with Crippen LogP contribution in [0.1, 0.15) is 34.2 Å². The maximum atomic E-state index is 13.3. The summed E-state index contributed by atoms with van der Waals surface area (Å²) in [4.78, 5) is 15.1. The lowest BCUT2D eigenvalue weighted by Gasteiger charge is -2.22. The van der Waals surface area contributed by atoms with Gasteiger partial charge in [-0.15, -0.1) is 0 Å². The van der Waals surface area contributed by atoms with Crippen molar-refractivity contribution in [1.82, 2.24) is 4.57 Å². The third-order valence-electron chi connectivity index (χ3n) is 4.66. The lowest BCUT2D eigenvalue weighted by Crippen LogP contribution is -2.36. The zero-order valence-electron chi connectivity index (χ0n) is 14.1. The fraction of sp³-hybridized carbons (Fsp3) is 0.200. The van der Waals surface area contributed by atoms with Crippen LogP contribution in [0.4, 0.5) is 5.69 Å². The molecule has 1 aromatic carbocycles. The monoisotopic (exact) mass is 331 g/mol. The van der Waals surface area contributed by atoms with E-state index in [1.54, 1.807) is 28.8 Å². The molecular weight excluding hydrogens is 314 g/mol. The molecule has 25 heavy (non-hydrogen) atoms. The van der Waals surface area contributed by atoms with E-state index in [-0.39, 0.29) is 17.5 Å². The maximum absolute atomic E-state index is 13.3. The Morgan fingerprint density at radius 3 is 2.68 bits per heavy atom. The second kappa shape index (κ2) is 5.67. The Morgan fingerprint density at radius 2 is 1.96 bits per heavy atom. The highest BCUT2D eigenvalue weighted by Crippen LogP contribution is 2.35. The van der Waals surface area contributed by atoms with Gasteiger partial charge in [0.25, 0.3) is 5.91 Å². The van der Waals surface area contributed by atoms with Gasteiger partial charge >= 0.3 is 0 Å². The zero-order valence-corrected chi connectivity index (χ0v) is 14.1. The molecule has 0 N–H and O–H groups in total. The number of furan rings is 1. The lowest BCUT2D eigenvalue weighted by molar-refractivity contribution is 0.0980. The summed E-state index contributed by atoms with van der Waals surface area (Å²) >= 11 is 0. The van der Waals surface area contributed by atoms with E-state index >= 15 is 0 Å². The van der Waals surface area contributed by atoms with Gasteiger partial charge in [0.1, 0.15) is 23.0 Å². The van der Waals surface area contributed by atoms with Gasteiger partial charge in [-0.25, -0.2) is 0 Å². The van der Waals surface area contributed by atoms with Gasteiger partial charge in [0.15, 0.2) is 0 Å². The number of amides is 1. The number of aromatic nitrogens is 1. The minimum Gasteiger partial charge on any atom is -0.443 e. The lowest BCUT2D eigenvalue weighted by atomic mass is 10.1. The molecule has 0 aliphatic carbocycles. The van der Waals surface area contributed by atoms with Gasteiger partial charge in [0.2, 0.25) is 5.88 Å². The third kappa shape index (κ3) is 2.26. The van der Waals surface area contributed by atoms with Crippen LogP contribution in [0.5, 0.6) is 0 Å². The summed E-state index contributed by atoms with van der Waals surface area (Å²) in [5.41, 5.74) is 2.67. The third-order valence-corrected chi connectivity index (χ3v) is 4.66. The number of aryl methyl sites for hydroxylation is 1. The van der Waals surface area contributed by atoms with Crippen LogP contribution in [-0.2, 0) is 6.42 Å². The van der Waals surface area contributed by atoms with Crippen LogP contribution >= 0.6 is 0 Å². The summed E-state index contributed by atoms with van der Waals surface area (Å²) in [5.74, 6) is 0.656.